The highest BCUT2D eigenvalue weighted by Gasteiger charge is 2.12. The molecule has 2 heterocycles. The van der Waals surface area contributed by atoms with E-state index in [0.717, 1.165) is 22.5 Å². The Balaban J connectivity index is 2.29. The SMILES string of the molecule is Clc1cc2ccccc(-c3ccccn3)c-2n1. The maximum atomic E-state index is 5.95. The van der Waals surface area contributed by atoms with Gasteiger partial charge in [-0.1, -0.05) is 41.9 Å². The fraction of sp³-hybridized carbons (Fsp3) is 0. The molecular weight excluding hydrogens is 232 g/mol. The van der Waals surface area contributed by atoms with Gasteiger partial charge in [-0.25, -0.2) is 4.98 Å². The van der Waals surface area contributed by atoms with Gasteiger partial charge in [0.05, 0.1) is 11.4 Å². The highest BCUT2D eigenvalue weighted by atomic mass is 35.5. The van der Waals surface area contributed by atoms with E-state index >= 15 is 0 Å². The largest absolute Gasteiger partial charge is 0.256 e. The molecule has 0 unspecified atom stereocenters. The molecule has 0 amide bonds. The van der Waals surface area contributed by atoms with E-state index in [1.54, 1.807) is 6.20 Å². The lowest BCUT2D eigenvalue weighted by Gasteiger charge is -2.01. The van der Waals surface area contributed by atoms with Crippen LogP contribution in [-0.2, 0) is 0 Å². The van der Waals surface area contributed by atoms with Crippen LogP contribution in [-0.4, -0.2) is 9.97 Å². The summed E-state index contributed by atoms with van der Waals surface area (Å²) in [5, 5.41) is 0.517. The molecular formula is C14H9ClN2. The smallest absolute Gasteiger partial charge is 0.130 e. The number of pyridine rings is 1. The zero-order valence-electron chi connectivity index (χ0n) is 8.97. The van der Waals surface area contributed by atoms with Crippen LogP contribution < -0.4 is 0 Å². The van der Waals surface area contributed by atoms with E-state index in [2.05, 4.69) is 9.97 Å². The molecule has 0 N–H and O–H groups in total. The zero-order valence-corrected chi connectivity index (χ0v) is 9.72. The van der Waals surface area contributed by atoms with Crippen LogP contribution in [0.3, 0.4) is 0 Å². The number of hydrogen-bond acceptors (Lipinski definition) is 2. The summed E-state index contributed by atoms with van der Waals surface area (Å²) in [4.78, 5) is 8.71. The number of aromatic nitrogens is 2. The van der Waals surface area contributed by atoms with E-state index in [9.17, 15) is 0 Å². The lowest BCUT2D eigenvalue weighted by Crippen LogP contribution is -1.84. The molecule has 0 fully saturated rings. The van der Waals surface area contributed by atoms with Gasteiger partial charge in [-0.2, -0.15) is 0 Å². The predicted molar refractivity (Wildman–Crippen MR) is 69.1 cm³/mol. The van der Waals surface area contributed by atoms with Crippen molar-refractivity contribution < 1.29 is 0 Å². The molecule has 0 saturated heterocycles. The number of nitrogens with zero attached hydrogens (tertiary/aromatic N) is 2. The van der Waals surface area contributed by atoms with Gasteiger partial charge in [0.2, 0.25) is 0 Å². The second-order valence-corrected chi connectivity index (χ2v) is 4.12. The molecule has 0 spiro atoms. The van der Waals surface area contributed by atoms with Crippen LogP contribution in [0.2, 0.25) is 5.15 Å². The van der Waals surface area contributed by atoms with Gasteiger partial charge in [0.15, 0.2) is 0 Å². The van der Waals surface area contributed by atoms with Crippen LogP contribution in [0, 0.1) is 0 Å². The van der Waals surface area contributed by atoms with E-state index in [4.69, 9.17) is 11.6 Å². The maximum absolute atomic E-state index is 5.95. The lowest BCUT2D eigenvalue weighted by molar-refractivity contribution is 1.31. The van der Waals surface area contributed by atoms with Gasteiger partial charge in [0.25, 0.3) is 0 Å². The first-order chi connectivity index (χ1) is 8.34. The molecule has 0 atom stereocenters. The normalized spacial score (nSPS) is 10.6. The monoisotopic (exact) mass is 240 g/mol. The molecule has 1 aromatic rings. The zero-order chi connectivity index (χ0) is 11.7. The van der Waals surface area contributed by atoms with Crippen molar-refractivity contribution in [3.8, 4) is 22.5 Å². The molecule has 2 nitrogen and oxygen atoms in total. The molecule has 2 aliphatic rings. The molecule has 3 heteroatoms. The predicted octanol–water partition coefficient (Wildman–Crippen LogP) is 3.90. The highest BCUT2D eigenvalue weighted by Crippen LogP contribution is 2.32. The first-order valence-electron chi connectivity index (χ1n) is 5.31. The molecule has 17 heavy (non-hydrogen) atoms. The number of halogens is 1. The van der Waals surface area contributed by atoms with Crippen molar-refractivity contribution in [2.45, 2.75) is 0 Å². The topological polar surface area (TPSA) is 25.8 Å². The Labute approximate surface area is 104 Å². The first-order valence-corrected chi connectivity index (χ1v) is 5.69. The summed E-state index contributed by atoms with van der Waals surface area (Å²) in [5.74, 6) is 0. The molecule has 0 saturated carbocycles. The Hall–Kier alpha value is -1.93. The number of rotatable bonds is 1. The van der Waals surface area contributed by atoms with Crippen molar-refractivity contribution in [1.29, 1.82) is 0 Å². The Morgan fingerprint density at radius 3 is 2.59 bits per heavy atom. The quantitative estimate of drug-likeness (QED) is 0.645. The summed E-state index contributed by atoms with van der Waals surface area (Å²) in [6, 6.07) is 15.7. The van der Waals surface area contributed by atoms with Crippen LogP contribution in [0.4, 0.5) is 0 Å². The number of hydrogen-bond donors (Lipinski definition) is 0. The van der Waals surface area contributed by atoms with E-state index in [0.29, 0.717) is 5.15 Å². The van der Waals surface area contributed by atoms with Gasteiger partial charge >= 0.3 is 0 Å². The fourth-order valence-electron chi connectivity index (χ4n) is 1.86. The maximum Gasteiger partial charge on any atom is 0.130 e. The van der Waals surface area contributed by atoms with Gasteiger partial charge in [-0.15, -0.1) is 0 Å². The van der Waals surface area contributed by atoms with Crippen LogP contribution in [0.25, 0.3) is 22.5 Å². The standard InChI is InChI=1S/C14H9ClN2/c15-13-9-10-5-1-2-6-11(14(10)17-13)12-7-3-4-8-16-12/h1-9H. The molecule has 1 aromatic heterocycles. The van der Waals surface area contributed by atoms with E-state index in [1.807, 2.05) is 48.5 Å². The van der Waals surface area contributed by atoms with Crippen molar-refractivity contribution in [1.82, 2.24) is 9.97 Å². The number of fused-ring (bicyclic) bond motifs is 1. The third-order valence-corrected chi connectivity index (χ3v) is 2.81. The summed E-state index contributed by atoms with van der Waals surface area (Å²) in [6.45, 7) is 0. The van der Waals surface area contributed by atoms with Crippen LogP contribution >= 0.6 is 11.6 Å². The Bertz CT molecular complexity index is 622. The van der Waals surface area contributed by atoms with Crippen molar-refractivity contribution >= 4 is 11.6 Å². The van der Waals surface area contributed by atoms with Crippen molar-refractivity contribution in [2.75, 3.05) is 0 Å². The van der Waals surface area contributed by atoms with Crippen LogP contribution in [0.15, 0.2) is 54.7 Å². The van der Waals surface area contributed by atoms with Gasteiger partial charge < -0.3 is 0 Å². The van der Waals surface area contributed by atoms with Gasteiger partial charge in [0.1, 0.15) is 5.15 Å². The van der Waals surface area contributed by atoms with Crippen LogP contribution in [0.5, 0.6) is 0 Å². The minimum Gasteiger partial charge on any atom is -0.256 e. The van der Waals surface area contributed by atoms with Crippen LogP contribution in [0.1, 0.15) is 0 Å². The van der Waals surface area contributed by atoms with Crippen molar-refractivity contribution in [3.63, 3.8) is 0 Å². The summed E-state index contributed by atoms with van der Waals surface area (Å²) < 4.78 is 0. The average molecular weight is 241 g/mol. The fourth-order valence-corrected chi connectivity index (χ4v) is 2.06. The van der Waals surface area contributed by atoms with Gasteiger partial charge in [-0.3, -0.25) is 4.98 Å². The molecule has 0 aromatic carbocycles. The minimum absolute atomic E-state index is 0.517. The van der Waals surface area contributed by atoms with Crippen molar-refractivity contribution in [3.05, 3.63) is 59.9 Å². The molecule has 0 bridgehead atoms. The van der Waals surface area contributed by atoms with Gasteiger partial charge in [0, 0.05) is 17.3 Å². The molecule has 3 rings (SSSR count). The Morgan fingerprint density at radius 1 is 0.941 bits per heavy atom. The Morgan fingerprint density at radius 2 is 1.76 bits per heavy atom. The van der Waals surface area contributed by atoms with E-state index in [1.165, 1.54) is 0 Å². The summed E-state index contributed by atoms with van der Waals surface area (Å²) >= 11 is 5.95. The van der Waals surface area contributed by atoms with E-state index < -0.39 is 0 Å². The lowest BCUT2D eigenvalue weighted by atomic mass is 10.1. The Kier molecular flexibility index (Phi) is 2.50. The third-order valence-electron chi connectivity index (χ3n) is 2.61. The molecule has 0 radical (unpaired) electrons. The summed E-state index contributed by atoms with van der Waals surface area (Å²) in [5.41, 5.74) is 3.82. The highest BCUT2D eigenvalue weighted by molar-refractivity contribution is 6.30. The van der Waals surface area contributed by atoms with Crippen molar-refractivity contribution in [2.24, 2.45) is 0 Å². The summed E-state index contributed by atoms with van der Waals surface area (Å²) in [7, 11) is 0. The van der Waals surface area contributed by atoms with E-state index in [-0.39, 0.29) is 0 Å². The second-order valence-electron chi connectivity index (χ2n) is 3.73. The van der Waals surface area contributed by atoms with Gasteiger partial charge in [-0.05, 0) is 18.2 Å². The second kappa shape index (κ2) is 4.15. The third kappa shape index (κ3) is 1.87. The molecule has 82 valence electrons. The first kappa shape index (κ1) is 10.2. The molecule has 1 aliphatic carbocycles. The molecule has 1 aliphatic heterocycles. The minimum atomic E-state index is 0.517. The summed E-state index contributed by atoms with van der Waals surface area (Å²) in [6.07, 6.45) is 1.78. The average Bonchev–Trinajstić information content (AvgIpc) is 2.61.